The van der Waals surface area contributed by atoms with E-state index in [4.69, 9.17) is 5.26 Å². The summed E-state index contributed by atoms with van der Waals surface area (Å²) in [6, 6.07) is 2.88. The fourth-order valence-electron chi connectivity index (χ4n) is 1.72. The van der Waals surface area contributed by atoms with Crippen molar-refractivity contribution in [2.24, 2.45) is 5.41 Å². The van der Waals surface area contributed by atoms with Crippen LogP contribution in [0.5, 0.6) is 0 Å². The molecule has 18 heavy (non-hydrogen) atoms. The number of tetrazole rings is 1. The monoisotopic (exact) mass is 265 g/mol. The summed E-state index contributed by atoms with van der Waals surface area (Å²) < 4.78 is 1.95. The molecule has 1 aromatic rings. The summed E-state index contributed by atoms with van der Waals surface area (Å²) in [7, 11) is 0. The van der Waals surface area contributed by atoms with Crippen LogP contribution in [0.4, 0.5) is 0 Å². The summed E-state index contributed by atoms with van der Waals surface area (Å²) in [4.78, 5) is 0. The Morgan fingerprint density at radius 3 is 2.89 bits per heavy atom. The van der Waals surface area contributed by atoms with Gasteiger partial charge in [-0.15, -0.1) is 5.10 Å². The number of unbranched alkanes of at least 4 members (excludes halogenated alkanes) is 1. The highest BCUT2D eigenvalue weighted by molar-refractivity contribution is 7.99. The quantitative estimate of drug-likeness (QED) is 0.560. The van der Waals surface area contributed by atoms with Gasteiger partial charge < -0.3 is 0 Å². The Morgan fingerprint density at radius 1 is 1.44 bits per heavy atom. The first-order valence-corrected chi connectivity index (χ1v) is 7.43. The number of aromatic nitrogens is 4. The zero-order valence-electron chi connectivity index (χ0n) is 11.0. The van der Waals surface area contributed by atoms with Gasteiger partial charge in [-0.2, -0.15) is 5.26 Å². The molecule has 0 aliphatic heterocycles. The molecule has 1 fully saturated rings. The maximum atomic E-state index is 8.92. The summed E-state index contributed by atoms with van der Waals surface area (Å²) >= 11 is 1.72. The molecule has 0 radical (unpaired) electrons. The lowest BCUT2D eigenvalue weighted by molar-refractivity contribution is 0.433. The Kier molecular flexibility index (Phi) is 4.23. The second kappa shape index (κ2) is 5.70. The molecule has 1 aliphatic rings. The van der Waals surface area contributed by atoms with Crippen LogP contribution in [-0.4, -0.2) is 26.0 Å². The van der Waals surface area contributed by atoms with E-state index in [-0.39, 0.29) is 5.41 Å². The van der Waals surface area contributed by atoms with Crippen LogP contribution in [0.2, 0.25) is 0 Å². The standard InChI is InChI=1S/C12H19N5S/c1-12(2,9-13)7-3-4-8-18-11-14-15-16-17(11)10-5-6-10/h10H,3-8H2,1-2H3. The molecule has 98 valence electrons. The van der Waals surface area contributed by atoms with Crippen LogP contribution in [0.1, 0.15) is 52.0 Å². The van der Waals surface area contributed by atoms with E-state index in [0.29, 0.717) is 6.04 Å². The first-order chi connectivity index (χ1) is 8.62. The second-order valence-corrected chi connectivity index (χ2v) is 6.50. The van der Waals surface area contributed by atoms with Crippen molar-refractivity contribution in [1.29, 1.82) is 5.26 Å². The predicted molar refractivity (Wildman–Crippen MR) is 70.1 cm³/mol. The zero-order chi connectivity index (χ0) is 13.0. The van der Waals surface area contributed by atoms with Crippen LogP contribution < -0.4 is 0 Å². The Bertz CT molecular complexity index is 430. The van der Waals surface area contributed by atoms with Crippen molar-refractivity contribution < 1.29 is 0 Å². The predicted octanol–water partition coefficient (Wildman–Crippen LogP) is 2.82. The van der Waals surface area contributed by atoms with E-state index in [0.717, 1.165) is 30.2 Å². The van der Waals surface area contributed by atoms with Crippen molar-refractivity contribution >= 4 is 11.8 Å². The van der Waals surface area contributed by atoms with Crippen molar-refractivity contribution in [2.45, 2.75) is 57.1 Å². The molecule has 0 saturated heterocycles. The Hall–Kier alpha value is -1.09. The average Bonchev–Trinajstić information content (AvgIpc) is 3.09. The minimum atomic E-state index is -0.194. The largest absolute Gasteiger partial charge is 0.217 e. The van der Waals surface area contributed by atoms with Gasteiger partial charge in [-0.25, -0.2) is 4.68 Å². The summed E-state index contributed by atoms with van der Waals surface area (Å²) in [6.07, 6.45) is 5.55. The number of hydrogen-bond donors (Lipinski definition) is 0. The highest BCUT2D eigenvalue weighted by Crippen LogP contribution is 2.36. The second-order valence-electron chi connectivity index (χ2n) is 5.44. The Balaban J connectivity index is 1.66. The van der Waals surface area contributed by atoms with Gasteiger partial charge in [0, 0.05) is 5.75 Å². The zero-order valence-corrected chi connectivity index (χ0v) is 11.8. The molecule has 1 saturated carbocycles. The van der Waals surface area contributed by atoms with E-state index in [1.807, 2.05) is 18.5 Å². The van der Waals surface area contributed by atoms with Crippen LogP contribution in [0.3, 0.4) is 0 Å². The van der Waals surface area contributed by atoms with Gasteiger partial charge in [0.25, 0.3) is 0 Å². The lowest BCUT2D eigenvalue weighted by atomic mass is 9.89. The summed E-state index contributed by atoms with van der Waals surface area (Å²) in [5.41, 5.74) is -0.194. The normalized spacial score (nSPS) is 15.6. The van der Waals surface area contributed by atoms with Crippen LogP contribution in [0.15, 0.2) is 5.16 Å². The molecule has 5 nitrogen and oxygen atoms in total. The molecule has 1 aliphatic carbocycles. The molecule has 2 rings (SSSR count). The van der Waals surface area contributed by atoms with Crippen molar-refractivity contribution in [2.75, 3.05) is 5.75 Å². The van der Waals surface area contributed by atoms with E-state index in [1.165, 1.54) is 12.8 Å². The fourth-order valence-corrected chi connectivity index (χ4v) is 2.66. The number of rotatable bonds is 7. The highest BCUT2D eigenvalue weighted by atomic mass is 32.2. The van der Waals surface area contributed by atoms with E-state index in [2.05, 4.69) is 21.6 Å². The fraction of sp³-hybridized carbons (Fsp3) is 0.833. The van der Waals surface area contributed by atoms with Crippen LogP contribution >= 0.6 is 11.8 Å². The van der Waals surface area contributed by atoms with Gasteiger partial charge in [0.05, 0.1) is 17.5 Å². The maximum Gasteiger partial charge on any atom is 0.209 e. The summed E-state index contributed by atoms with van der Waals surface area (Å²) in [5, 5.41) is 21.7. The highest BCUT2D eigenvalue weighted by Gasteiger charge is 2.27. The van der Waals surface area contributed by atoms with Crippen molar-refractivity contribution in [1.82, 2.24) is 20.2 Å². The van der Waals surface area contributed by atoms with Crippen LogP contribution in [0, 0.1) is 16.7 Å². The third-order valence-corrected chi connectivity index (χ3v) is 4.11. The van der Waals surface area contributed by atoms with Crippen molar-refractivity contribution in [3.63, 3.8) is 0 Å². The molecule has 0 aromatic carbocycles. The van der Waals surface area contributed by atoms with Gasteiger partial charge in [0.2, 0.25) is 5.16 Å². The van der Waals surface area contributed by atoms with Crippen LogP contribution in [-0.2, 0) is 0 Å². The van der Waals surface area contributed by atoms with E-state index < -0.39 is 0 Å². The number of hydrogen-bond acceptors (Lipinski definition) is 5. The summed E-state index contributed by atoms with van der Waals surface area (Å²) in [6.45, 7) is 3.99. The topological polar surface area (TPSA) is 67.4 Å². The molecule has 0 N–H and O–H groups in total. The minimum absolute atomic E-state index is 0.194. The van der Waals surface area contributed by atoms with E-state index in [9.17, 15) is 0 Å². The smallest absolute Gasteiger partial charge is 0.209 e. The molecule has 0 spiro atoms. The summed E-state index contributed by atoms with van der Waals surface area (Å²) in [5.74, 6) is 1.02. The third-order valence-electron chi connectivity index (χ3n) is 3.09. The number of nitrogens with zero attached hydrogens (tertiary/aromatic N) is 5. The molecule has 0 unspecified atom stereocenters. The Morgan fingerprint density at radius 2 is 2.22 bits per heavy atom. The Labute approximate surface area is 112 Å². The molecular formula is C12H19N5S. The first-order valence-electron chi connectivity index (χ1n) is 6.44. The molecule has 6 heteroatoms. The van der Waals surface area contributed by atoms with Gasteiger partial charge in [0.1, 0.15) is 0 Å². The lowest BCUT2D eigenvalue weighted by Crippen LogP contribution is -2.07. The SMILES string of the molecule is CC(C)(C#N)CCCCSc1nnnn1C1CC1. The molecule has 0 amide bonds. The molecule has 0 bridgehead atoms. The number of nitriles is 1. The lowest BCUT2D eigenvalue weighted by Gasteiger charge is -2.13. The van der Waals surface area contributed by atoms with Gasteiger partial charge in [-0.1, -0.05) is 18.2 Å². The maximum absolute atomic E-state index is 8.92. The van der Waals surface area contributed by atoms with Gasteiger partial charge in [-0.3, -0.25) is 0 Å². The van der Waals surface area contributed by atoms with Crippen LogP contribution in [0.25, 0.3) is 0 Å². The van der Waals surface area contributed by atoms with E-state index in [1.54, 1.807) is 11.8 Å². The molecular weight excluding hydrogens is 246 g/mol. The minimum Gasteiger partial charge on any atom is -0.217 e. The third kappa shape index (κ3) is 3.70. The van der Waals surface area contributed by atoms with Gasteiger partial charge in [0.15, 0.2) is 0 Å². The van der Waals surface area contributed by atoms with Crippen molar-refractivity contribution in [3.05, 3.63) is 0 Å². The van der Waals surface area contributed by atoms with Gasteiger partial charge in [-0.05, 0) is 50.0 Å². The van der Waals surface area contributed by atoms with E-state index >= 15 is 0 Å². The molecule has 0 atom stereocenters. The molecule has 1 heterocycles. The molecule has 1 aromatic heterocycles. The number of thioether (sulfide) groups is 1. The first kappa shape index (κ1) is 13.3. The van der Waals surface area contributed by atoms with Crippen molar-refractivity contribution in [3.8, 4) is 6.07 Å². The average molecular weight is 265 g/mol. The van der Waals surface area contributed by atoms with Gasteiger partial charge >= 0.3 is 0 Å².